The first-order valence-electron chi connectivity index (χ1n) is 7.65. The highest BCUT2D eigenvalue weighted by molar-refractivity contribution is 5.37. The van der Waals surface area contributed by atoms with E-state index >= 15 is 0 Å². The van der Waals surface area contributed by atoms with Crippen LogP contribution in [0.25, 0.3) is 0 Å². The molecule has 0 aromatic heterocycles. The number of phenolic OH excluding ortho intramolecular Hbond substituents is 1. The first kappa shape index (κ1) is 15.3. The van der Waals surface area contributed by atoms with Crippen molar-refractivity contribution in [2.75, 3.05) is 33.7 Å². The van der Waals surface area contributed by atoms with Crippen molar-refractivity contribution in [2.24, 2.45) is 5.92 Å². The molecule has 1 atom stereocenters. The molecule has 2 rings (SSSR count). The zero-order valence-corrected chi connectivity index (χ0v) is 13.3. The number of likely N-dealkylation sites (tertiary alicyclic amines) is 1. The summed E-state index contributed by atoms with van der Waals surface area (Å²) >= 11 is 0. The second-order valence-electron chi connectivity index (χ2n) is 6.42. The number of phenols is 1. The van der Waals surface area contributed by atoms with Gasteiger partial charge in [0.25, 0.3) is 0 Å². The smallest absolute Gasteiger partial charge is 0.120 e. The molecule has 1 aliphatic rings. The third kappa shape index (κ3) is 3.74. The highest BCUT2D eigenvalue weighted by Crippen LogP contribution is 2.30. The molecule has 1 unspecified atom stereocenters. The second kappa shape index (κ2) is 6.59. The molecule has 1 aromatic carbocycles. The minimum Gasteiger partial charge on any atom is -0.508 e. The third-order valence-corrected chi connectivity index (χ3v) is 4.68. The standard InChI is InChI=1S/C17H28N2O/c1-13-5-6-17(20)16(11-13)14(2)19(4)12-15-7-9-18(3)10-8-15/h5-6,11,14-15,20H,7-10,12H2,1-4H3. The zero-order chi connectivity index (χ0) is 14.7. The number of piperidine rings is 1. The van der Waals surface area contributed by atoms with Gasteiger partial charge < -0.3 is 10.0 Å². The van der Waals surface area contributed by atoms with Gasteiger partial charge in [0, 0.05) is 18.2 Å². The van der Waals surface area contributed by atoms with Gasteiger partial charge in [0.1, 0.15) is 5.75 Å². The maximum absolute atomic E-state index is 10.1. The van der Waals surface area contributed by atoms with Crippen LogP contribution in [0.1, 0.15) is 36.9 Å². The molecule has 1 N–H and O–H groups in total. The number of benzene rings is 1. The summed E-state index contributed by atoms with van der Waals surface area (Å²) in [4.78, 5) is 4.79. The monoisotopic (exact) mass is 276 g/mol. The zero-order valence-electron chi connectivity index (χ0n) is 13.3. The second-order valence-corrected chi connectivity index (χ2v) is 6.42. The average molecular weight is 276 g/mol. The lowest BCUT2D eigenvalue weighted by Gasteiger charge is -2.34. The number of hydrogen-bond donors (Lipinski definition) is 1. The molecular weight excluding hydrogens is 248 g/mol. The van der Waals surface area contributed by atoms with Crippen molar-refractivity contribution < 1.29 is 5.11 Å². The van der Waals surface area contributed by atoms with Gasteiger partial charge in [-0.2, -0.15) is 0 Å². The highest BCUT2D eigenvalue weighted by atomic mass is 16.3. The van der Waals surface area contributed by atoms with Gasteiger partial charge in [0.05, 0.1) is 0 Å². The molecule has 1 aliphatic heterocycles. The Morgan fingerprint density at radius 1 is 1.35 bits per heavy atom. The van der Waals surface area contributed by atoms with Gasteiger partial charge in [-0.15, -0.1) is 0 Å². The molecule has 1 aromatic rings. The fourth-order valence-electron chi connectivity index (χ4n) is 3.06. The van der Waals surface area contributed by atoms with E-state index in [0.717, 1.165) is 18.0 Å². The van der Waals surface area contributed by atoms with E-state index in [1.165, 1.54) is 31.5 Å². The van der Waals surface area contributed by atoms with Crippen LogP contribution in [0.15, 0.2) is 18.2 Å². The maximum atomic E-state index is 10.1. The van der Waals surface area contributed by atoms with Crippen molar-refractivity contribution in [3.8, 4) is 5.75 Å². The predicted octanol–water partition coefficient (Wildman–Crippen LogP) is 3.04. The summed E-state index contributed by atoms with van der Waals surface area (Å²) in [7, 11) is 4.37. The molecule has 3 heteroatoms. The first-order valence-corrected chi connectivity index (χ1v) is 7.65. The van der Waals surface area contributed by atoms with E-state index in [2.05, 4.69) is 43.8 Å². The lowest BCUT2D eigenvalue weighted by Crippen LogP contribution is -2.36. The van der Waals surface area contributed by atoms with Gasteiger partial charge in [-0.3, -0.25) is 4.90 Å². The molecule has 20 heavy (non-hydrogen) atoms. The van der Waals surface area contributed by atoms with Gasteiger partial charge in [0.2, 0.25) is 0 Å². The van der Waals surface area contributed by atoms with Crippen LogP contribution in [-0.2, 0) is 0 Å². The summed E-state index contributed by atoms with van der Waals surface area (Å²) in [6.45, 7) is 7.80. The molecule has 3 nitrogen and oxygen atoms in total. The SMILES string of the molecule is Cc1ccc(O)c(C(C)N(C)CC2CCN(C)CC2)c1. The van der Waals surface area contributed by atoms with Crippen LogP contribution in [0.3, 0.4) is 0 Å². The number of aryl methyl sites for hydroxylation is 1. The van der Waals surface area contributed by atoms with E-state index in [1.807, 2.05) is 12.1 Å². The van der Waals surface area contributed by atoms with E-state index in [1.54, 1.807) is 0 Å². The Morgan fingerprint density at radius 3 is 2.65 bits per heavy atom. The van der Waals surface area contributed by atoms with E-state index in [0.29, 0.717) is 5.75 Å². The van der Waals surface area contributed by atoms with Crippen LogP contribution in [0, 0.1) is 12.8 Å². The summed E-state index contributed by atoms with van der Waals surface area (Å²) in [5, 5.41) is 10.1. The summed E-state index contributed by atoms with van der Waals surface area (Å²) in [6.07, 6.45) is 2.57. The molecule has 0 aliphatic carbocycles. The molecule has 0 bridgehead atoms. The van der Waals surface area contributed by atoms with Crippen LogP contribution in [0.5, 0.6) is 5.75 Å². The first-order chi connectivity index (χ1) is 9.47. The molecular formula is C17H28N2O. The summed E-state index contributed by atoms with van der Waals surface area (Å²) in [6, 6.07) is 6.13. The largest absolute Gasteiger partial charge is 0.508 e. The maximum Gasteiger partial charge on any atom is 0.120 e. The summed E-state index contributed by atoms with van der Waals surface area (Å²) in [5.74, 6) is 1.20. The van der Waals surface area contributed by atoms with Crippen LogP contribution in [0.2, 0.25) is 0 Å². The highest BCUT2D eigenvalue weighted by Gasteiger charge is 2.22. The van der Waals surface area contributed by atoms with Crippen LogP contribution >= 0.6 is 0 Å². The number of nitrogens with zero attached hydrogens (tertiary/aromatic N) is 2. The molecule has 1 heterocycles. The summed E-state index contributed by atoms with van der Waals surface area (Å²) in [5.41, 5.74) is 2.25. The Labute approximate surface area is 123 Å². The number of aromatic hydroxyl groups is 1. The normalized spacial score (nSPS) is 19.4. The van der Waals surface area contributed by atoms with Crippen molar-refractivity contribution >= 4 is 0 Å². The fourth-order valence-corrected chi connectivity index (χ4v) is 3.06. The predicted molar refractivity (Wildman–Crippen MR) is 84.1 cm³/mol. The molecule has 1 fully saturated rings. The van der Waals surface area contributed by atoms with Gasteiger partial charge in [-0.05, 0) is 65.9 Å². The molecule has 112 valence electrons. The van der Waals surface area contributed by atoms with E-state index < -0.39 is 0 Å². The van der Waals surface area contributed by atoms with Crippen LogP contribution in [0.4, 0.5) is 0 Å². The van der Waals surface area contributed by atoms with E-state index in [-0.39, 0.29) is 6.04 Å². The van der Waals surface area contributed by atoms with Gasteiger partial charge in [0.15, 0.2) is 0 Å². The number of hydrogen-bond acceptors (Lipinski definition) is 3. The van der Waals surface area contributed by atoms with Crippen molar-refractivity contribution in [1.82, 2.24) is 9.80 Å². The van der Waals surface area contributed by atoms with Crippen molar-refractivity contribution in [3.63, 3.8) is 0 Å². The van der Waals surface area contributed by atoms with Gasteiger partial charge >= 0.3 is 0 Å². The summed E-state index contributed by atoms with van der Waals surface area (Å²) < 4.78 is 0. The Balaban J connectivity index is 1.97. The fraction of sp³-hybridized carbons (Fsp3) is 0.647. The van der Waals surface area contributed by atoms with Gasteiger partial charge in [-0.1, -0.05) is 17.7 Å². The minimum atomic E-state index is 0.259. The quantitative estimate of drug-likeness (QED) is 0.915. The van der Waals surface area contributed by atoms with Crippen LogP contribution < -0.4 is 0 Å². The van der Waals surface area contributed by atoms with Crippen LogP contribution in [-0.4, -0.2) is 48.6 Å². The molecule has 0 spiro atoms. The Morgan fingerprint density at radius 2 is 2.00 bits per heavy atom. The van der Waals surface area contributed by atoms with Crippen molar-refractivity contribution in [1.29, 1.82) is 0 Å². The average Bonchev–Trinajstić information content (AvgIpc) is 2.43. The lowest BCUT2D eigenvalue weighted by molar-refractivity contribution is 0.154. The lowest BCUT2D eigenvalue weighted by atomic mass is 9.95. The van der Waals surface area contributed by atoms with Crippen molar-refractivity contribution in [3.05, 3.63) is 29.3 Å². The Bertz CT molecular complexity index is 439. The molecule has 0 radical (unpaired) electrons. The van der Waals surface area contributed by atoms with E-state index in [9.17, 15) is 5.11 Å². The van der Waals surface area contributed by atoms with Gasteiger partial charge in [-0.25, -0.2) is 0 Å². The van der Waals surface area contributed by atoms with E-state index in [4.69, 9.17) is 0 Å². The van der Waals surface area contributed by atoms with Crippen molar-refractivity contribution in [2.45, 2.75) is 32.7 Å². The third-order valence-electron chi connectivity index (χ3n) is 4.68. The topological polar surface area (TPSA) is 26.7 Å². The number of rotatable bonds is 4. The minimum absolute atomic E-state index is 0.259. The Kier molecular flexibility index (Phi) is 5.06. The molecule has 1 saturated heterocycles. The Hall–Kier alpha value is -1.06. The molecule has 0 amide bonds. The molecule has 0 saturated carbocycles.